The fourth-order valence-electron chi connectivity index (χ4n) is 0.879. The fraction of sp³-hybridized carbons (Fsp3) is 1.00. The molecule has 0 aromatic rings. The van der Waals surface area contributed by atoms with E-state index in [0.29, 0.717) is 12.2 Å². The minimum Gasteiger partial charge on any atom is -0.350 e. The van der Waals surface area contributed by atoms with Gasteiger partial charge in [0.05, 0.1) is 12.2 Å². The maximum atomic E-state index is 5.55. The molecule has 0 aliphatic rings. The molecular weight excluding hydrogens is 152 g/mol. The molecule has 0 amide bonds. The maximum Gasteiger partial charge on any atom is 0.155 e. The van der Waals surface area contributed by atoms with E-state index in [9.17, 15) is 0 Å². The van der Waals surface area contributed by atoms with Gasteiger partial charge in [-0.1, -0.05) is 13.8 Å². The molecule has 0 saturated heterocycles. The number of hydrogen-bond donors (Lipinski definition) is 0. The molecule has 0 rings (SSSR count). The highest BCUT2D eigenvalue weighted by molar-refractivity contribution is 4.49. The van der Waals surface area contributed by atoms with Crippen LogP contribution < -0.4 is 0 Å². The summed E-state index contributed by atoms with van der Waals surface area (Å²) in [7, 11) is 0. The third-order valence-corrected chi connectivity index (χ3v) is 2.00. The van der Waals surface area contributed by atoms with Gasteiger partial charge in [-0.15, -0.1) is 0 Å². The van der Waals surface area contributed by atoms with Gasteiger partial charge in [0.25, 0.3) is 0 Å². The van der Waals surface area contributed by atoms with Crippen molar-refractivity contribution in [2.45, 2.75) is 66.0 Å². The molecule has 0 fully saturated rings. The molecule has 0 aromatic carbocycles. The Kier molecular flexibility index (Phi) is 6.39. The lowest BCUT2D eigenvalue weighted by molar-refractivity contribution is -0.177. The Balaban J connectivity index is 3.51. The molecule has 0 N–H and O–H groups in total. The Labute approximate surface area is 76.3 Å². The minimum absolute atomic E-state index is 0.0742. The summed E-state index contributed by atoms with van der Waals surface area (Å²) in [5.41, 5.74) is 0. The van der Waals surface area contributed by atoms with Crippen LogP contribution in [-0.4, -0.2) is 18.5 Å². The monoisotopic (exact) mass is 174 g/mol. The second-order valence-corrected chi connectivity index (χ2v) is 3.28. The first-order valence-corrected chi connectivity index (χ1v) is 4.91. The van der Waals surface area contributed by atoms with E-state index in [4.69, 9.17) is 9.47 Å². The zero-order chi connectivity index (χ0) is 9.56. The van der Waals surface area contributed by atoms with Gasteiger partial charge in [0, 0.05) is 0 Å². The second-order valence-electron chi connectivity index (χ2n) is 3.28. The van der Waals surface area contributed by atoms with Crippen molar-refractivity contribution >= 4 is 0 Å². The topological polar surface area (TPSA) is 18.5 Å². The van der Waals surface area contributed by atoms with Gasteiger partial charge in [-0.3, -0.25) is 0 Å². The van der Waals surface area contributed by atoms with Gasteiger partial charge in [-0.25, -0.2) is 0 Å². The van der Waals surface area contributed by atoms with E-state index in [1.54, 1.807) is 0 Å². The van der Waals surface area contributed by atoms with Gasteiger partial charge in [0.1, 0.15) is 0 Å². The molecule has 2 nitrogen and oxygen atoms in total. The Morgan fingerprint density at radius 3 is 1.42 bits per heavy atom. The molecule has 0 saturated carbocycles. The molecule has 0 heterocycles. The summed E-state index contributed by atoms with van der Waals surface area (Å²) in [5.74, 6) is 0. The van der Waals surface area contributed by atoms with E-state index in [1.165, 1.54) is 0 Å². The van der Waals surface area contributed by atoms with Gasteiger partial charge in [-0.05, 0) is 33.6 Å². The quantitative estimate of drug-likeness (QED) is 0.576. The first-order chi connectivity index (χ1) is 5.60. The Hall–Kier alpha value is -0.0800. The summed E-state index contributed by atoms with van der Waals surface area (Å²) >= 11 is 0. The van der Waals surface area contributed by atoms with Crippen LogP contribution >= 0.6 is 0 Å². The zero-order valence-electron chi connectivity index (χ0n) is 8.96. The molecule has 2 heteroatoms. The summed E-state index contributed by atoms with van der Waals surface area (Å²) in [6.45, 7) is 10.3. The Morgan fingerprint density at radius 1 is 0.833 bits per heavy atom. The van der Waals surface area contributed by atoms with Gasteiger partial charge in [0.2, 0.25) is 0 Å². The molecule has 0 radical (unpaired) electrons. The fourth-order valence-corrected chi connectivity index (χ4v) is 0.879. The molecule has 12 heavy (non-hydrogen) atoms. The minimum atomic E-state index is -0.0742. The predicted octanol–water partition coefficient (Wildman–Crippen LogP) is 2.96. The van der Waals surface area contributed by atoms with Gasteiger partial charge >= 0.3 is 0 Å². The molecule has 0 bridgehead atoms. The van der Waals surface area contributed by atoms with E-state index in [0.717, 1.165) is 12.8 Å². The molecule has 0 aliphatic heterocycles. The van der Waals surface area contributed by atoms with Crippen molar-refractivity contribution in [1.29, 1.82) is 0 Å². The molecule has 0 spiro atoms. The van der Waals surface area contributed by atoms with Crippen molar-refractivity contribution in [2.24, 2.45) is 0 Å². The average molecular weight is 174 g/mol. The van der Waals surface area contributed by atoms with Crippen LogP contribution in [0.5, 0.6) is 0 Å². The summed E-state index contributed by atoms with van der Waals surface area (Å²) in [6, 6.07) is 0. The van der Waals surface area contributed by atoms with E-state index in [-0.39, 0.29) is 6.29 Å². The highest BCUT2D eigenvalue weighted by atomic mass is 16.7. The van der Waals surface area contributed by atoms with Crippen molar-refractivity contribution < 1.29 is 9.47 Å². The first-order valence-electron chi connectivity index (χ1n) is 4.91. The summed E-state index contributed by atoms with van der Waals surface area (Å²) in [5, 5.41) is 0. The highest BCUT2D eigenvalue weighted by Gasteiger charge is 2.09. The van der Waals surface area contributed by atoms with Crippen LogP contribution in [0.25, 0.3) is 0 Å². The third kappa shape index (κ3) is 5.56. The molecule has 0 aromatic heterocycles. The van der Waals surface area contributed by atoms with E-state index in [1.807, 2.05) is 6.92 Å². The third-order valence-electron chi connectivity index (χ3n) is 2.00. The SMILES string of the molecule is CCC(C)OC(C)OC(C)CC. The molecule has 0 aliphatic carbocycles. The number of ether oxygens (including phenoxy) is 2. The standard InChI is InChI=1S/C10H22O2/c1-6-8(3)11-10(5)12-9(4)7-2/h8-10H,6-7H2,1-5H3. The highest BCUT2D eigenvalue weighted by Crippen LogP contribution is 2.07. The maximum absolute atomic E-state index is 5.55. The van der Waals surface area contributed by atoms with Crippen LogP contribution in [0, 0.1) is 0 Å². The predicted molar refractivity (Wildman–Crippen MR) is 51.1 cm³/mol. The van der Waals surface area contributed by atoms with Crippen molar-refractivity contribution in [1.82, 2.24) is 0 Å². The van der Waals surface area contributed by atoms with E-state index < -0.39 is 0 Å². The van der Waals surface area contributed by atoms with Crippen molar-refractivity contribution in [3.8, 4) is 0 Å². The number of rotatable bonds is 6. The van der Waals surface area contributed by atoms with E-state index >= 15 is 0 Å². The lowest BCUT2D eigenvalue weighted by Gasteiger charge is -2.21. The average Bonchev–Trinajstić information content (AvgIpc) is 2.03. The van der Waals surface area contributed by atoms with Crippen LogP contribution in [-0.2, 0) is 9.47 Å². The summed E-state index contributed by atoms with van der Waals surface area (Å²) in [4.78, 5) is 0. The number of hydrogen-bond acceptors (Lipinski definition) is 2. The zero-order valence-corrected chi connectivity index (χ0v) is 8.96. The van der Waals surface area contributed by atoms with Gasteiger partial charge in [0.15, 0.2) is 6.29 Å². The van der Waals surface area contributed by atoms with Crippen molar-refractivity contribution in [3.63, 3.8) is 0 Å². The van der Waals surface area contributed by atoms with Crippen molar-refractivity contribution in [3.05, 3.63) is 0 Å². The summed E-state index contributed by atoms with van der Waals surface area (Å²) in [6.07, 6.45) is 2.59. The van der Waals surface area contributed by atoms with Crippen molar-refractivity contribution in [2.75, 3.05) is 0 Å². The van der Waals surface area contributed by atoms with Crippen LogP contribution in [0.1, 0.15) is 47.5 Å². The normalized spacial score (nSPS) is 18.8. The molecular formula is C10H22O2. The van der Waals surface area contributed by atoms with Crippen LogP contribution in [0.15, 0.2) is 0 Å². The molecule has 74 valence electrons. The Bertz CT molecular complexity index is 92.0. The van der Waals surface area contributed by atoms with Crippen LogP contribution in [0.3, 0.4) is 0 Å². The lowest BCUT2D eigenvalue weighted by Crippen LogP contribution is -2.23. The first kappa shape index (κ1) is 11.9. The van der Waals surface area contributed by atoms with Gasteiger partial charge in [-0.2, -0.15) is 0 Å². The molecule has 2 atom stereocenters. The second kappa shape index (κ2) is 6.44. The lowest BCUT2D eigenvalue weighted by atomic mass is 10.3. The smallest absolute Gasteiger partial charge is 0.155 e. The summed E-state index contributed by atoms with van der Waals surface area (Å²) < 4.78 is 11.1. The van der Waals surface area contributed by atoms with Crippen LogP contribution in [0.4, 0.5) is 0 Å². The van der Waals surface area contributed by atoms with Gasteiger partial charge < -0.3 is 9.47 Å². The Morgan fingerprint density at radius 2 is 1.17 bits per heavy atom. The largest absolute Gasteiger partial charge is 0.350 e. The van der Waals surface area contributed by atoms with Crippen LogP contribution in [0.2, 0.25) is 0 Å². The molecule has 2 unspecified atom stereocenters. The van der Waals surface area contributed by atoms with E-state index in [2.05, 4.69) is 27.7 Å².